The zero-order valence-electron chi connectivity index (χ0n) is 48.3. The maximum atomic E-state index is 15.0. The predicted octanol–water partition coefficient (Wildman–Crippen LogP) is 11.5. The Morgan fingerprint density at radius 2 is 1.23 bits per heavy atom. The van der Waals surface area contributed by atoms with Crippen LogP contribution >= 0.6 is 0 Å². The van der Waals surface area contributed by atoms with E-state index in [9.17, 15) is 25.4 Å². The van der Waals surface area contributed by atoms with Crippen molar-refractivity contribution >= 4 is 28.7 Å². The maximum absolute atomic E-state index is 15.0. The van der Waals surface area contributed by atoms with Gasteiger partial charge in [0.2, 0.25) is 6.79 Å². The number of ether oxygens (including phenoxy) is 14. The molecule has 88 heavy (non-hydrogen) atoms. The van der Waals surface area contributed by atoms with Crippen molar-refractivity contribution in [3.63, 3.8) is 0 Å². The lowest BCUT2D eigenvalue weighted by molar-refractivity contribution is -0.298. The smallest absolute Gasteiger partial charge is 0.339 e. The van der Waals surface area contributed by atoms with Crippen LogP contribution in [-0.4, -0.2) is 107 Å². The van der Waals surface area contributed by atoms with Crippen LogP contribution in [0.25, 0.3) is 42.8 Å². The number of methoxy groups -OCH3 is 2. The second kappa shape index (κ2) is 26.0. The van der Waals surface area contributed by atoms with Crippen molar-refractivity contribution in [1.29, 1.82) is 0 Å². The largest absolute Gasteiger partial charge is 0.493 e. The number of carbonyl (C=O) groups excluding carboxylic acids is 3. The third-order valence-electron chi connectivity index (χ3n) is 15.9. The summed E-state index contributed by atoms with van der Waals surface area (Å²) < 4.78 is 90.4. The fourth-order valence-electron chi connectivity index (χ4n) is 11.9. The minimum atomic E-state index is -1.38. The number of esters is 3. The third kappa shape index (κ3) is 12.1. The molecule has 23 heteroatoms. The predicted molar refractivity (Wildman–Crippen MR) is 312 cm³/mol. The van der Waals surface area contributed by atoms with Gasteiger partial charge in [0.25, 0.3) is 0 Å². The summed E-state index contributed by atoms with van der Waals surface area (Å²) in [6.07, 6.45) is -10.6. The molecule has 0 saturated carbocycles. The number of cyclic esters (lactones) is 1. The molecule has 7 aromatic carbocycles. The Balaban J connectivity index is 0.976. The second-order valence-electron chi connectivity index (χ2n) is 21.7. The molecule has 23 nitrogen and oxygen atoms in total. The van der Waals surface area contributed by atoms with Gasteiger partial charge >= 0.3 is 17.9 Å². The average molecular weight is 1200 g/mol. The van der Waals surface area contributed by atoms with Crippen LogP contribution in [0.3, 0.4) is 0 Å². The molecule has 0 amide bonds. The first kappa shape index (κ1) is 59.1. The van der Waals surface area contributed by atoms with Crippen molar-refractivity contribution in [2.24, 2.45) is 10.2 Å². The molecule has 0 unspecified atom stereocenters. The number of benzene rings is 7. The number of hydrogen-bond acceptors (Lipinski definition) is 19. The van der Waals surface area contributed by atoms with Gasteiger partial charge in [-0.15, -0.1) is 0 Å². The van der Waals surface area contributed by atoms with Gasteiger partial charge in [0.1, 0.15) is 43.2 Å². The molecule has 5 aliphatic heterocycles. The highest BCUT2D eigenvalue weighted by Crippen LogP contribution is 2.52. The van der Waals surface area contributed by atoms with Gasteiger partial charge in [-0.2, -0.15) is 0 Å². The van der Waals surface area contributed by atoms with Crippen LogP contribution in [0.15, 0.2) is 150 Å². The van der Waals surface area contributed by atoms with E-state index in [4.69, 9.17) is 66.3 Å². The molecular weight excluding hydrogens is 1140 g/mol. The molecule has 7 aromatic rings. The molecule has 12 rings (SSSR count). The zero-order chi connectivity index (χ0) is 60.9. The summed E-state index contributed by atoms with van der Waals surface area (Å²) in [4.78, 5) is 50.0. The average Bonchev–Trinajstić information content (AvgIpc) is 1.33. The van der Waals surface area contributed by atoms with E-state index in [1.165, 1.54) is 14.2 Å². The lowest BCUT2D eigenvalue weighted by Gasteiger charge is -2.44. The minimum Gasteiger partial charge on any atom is -0.493 e. The molecule has 3 saturated heterocycles. The van der Waals surface area contributed by atoms with E-state index < -0.39 is 78.8 Å². The summed E-state index contributed by atoms with van der Waals surface area (Å²) in [6.45, 7) is 2.71. The normalized spacial score (nSPS) is 23.0. The first-order valence-corrected chi connectivity index (χ1v) is 28.4. The Kier molecular flexibility index (Phi) is 17.5. The quantitative estimate of drug-likeness (QED) is 0.0212. The monoisotopic (exact) mass is 1200 g/mol. The summed E-state index contributed by atoms with van der Waals surface area (Å²) in [5.74, 6) is -1.92. The zero-order valence-corrected chi connectivity index (χ0v) is 48.3. The summed E-state index contributed by atoms with van der Waals surface area (Å²) in [5, 5.41) is 8.47. The van der Waals surface area contributed by atoms with Gasteiger partial charge in [0.15, 0.2) is 47.3 Å². The van der Waals surface area contributed by atoms with E-state index in [2.05, 4.69) is 20.1 Å². The molecule has 452 valence electrons. The highest BCUT2D eigenvalue weighted by molar-refractivity contribution is 6.13. The van der Waals surface area contributed by atoms with Gasteiger partial charge in [-0.3, -0.25) is 0 Å². The van der Waals surface area contributed by atoms with Gasteiger partial charge in [-0.1, -0.05) is 113 Å². The molecule has 0 radical (unpaired) electrons. The van der Waals surface area contributed by atoms with Crippen molar-refractivity contribution in [2.75, 3.05) is 34.2 Å². The molecule has 0 bridgehead atoms. The molecule has 0 aromatic heterocycles. The Morgan fingerprint density at radius 3 is 1.88 bits per heavy atom. The van der Waals surface area contributed by atoms with E-state index in [0.717, 1.165) is 11.1 Å². The number of azide groups is 2. The number of rotatable bonds is 21. The third-order valence-corrected chi connectivity index (χ3v) is 15.9. The van der Waals surface area contributed by atoms with Crippen LogP contribution in [0.4, 0.5) is 0 Å². The van der Waals surface area contributed by atoms with E-state index in [1.807, 2.05) is 66.7 Å². The van der Waals surface area contributed by atoms with Crippen molar-refractivity contribution in [1.82, 2.24) is 0 Å². The summed E-state index contributed by atoms with van der Waals surface area (Å²) in [5.41, 5.74) is 23.4. The highest BCUT2D eigenvalue weighted by atomic mass is 16.8. The van der Waals surface area contributed by atoms with Crippen molar-refractivity contribution in [3.8, 4) is 34.1 Å². The van der Waals surface area contributed by atoms with Gasteiger partial charge in [-0.05, 0) is 99.9 Å². The van der Waals surface area contributed by atoms with Gasteiger partial charge in [-0.25, -0.2) is 14.4 Å². The maximum Gasteiger partial charge on any atom is 0.339 e. The standard InChI is InChI=1S/C65H60N6O17/c1-65(2)87-56-51(34-81-64-60(86-62(73)42-22-14-12-20-40(42)29-69-71-67)55(78-31-37-17-9-6-10-18-37)50(33-80-64)77-30-36-15-7-5-8-16-36)84-57(58(59(56)88-65)85-61(72)41-21-13-11-19-39(41)28-68-70-66)53-44-27-48(76-4)47(75-3)26-43(44)52(54-45(53)32-79-63(54)74)38-23-24-46-49(25-38)83-35-82-46/h5-27,50-51,55-60,64H,28-35H2,1-4H3/t50-,51+,55-,56-,57-,58-,59-,60+,64-/m0/s1. The van der Waals surface area contributed by atoms with Crippen molar-refractivity contribution in [2.45, 2.75) is 108 Å². The molecule has 5 aliphatic rings. The Morgan fingerprint density at radius 1 is 0.636 bits per heavy atom. The molecule has 5 heterocycles. The topological polar surface area (TPSA) is 278 Å². The summed E-state index contributed by atoms with van der Waals surface area (Å²) in [6, 6.07) is 41.1. The lowest BCUT2D eigenvalue weighted by Crippen LogP contribution is -2.59. The molecule has 0 spiro atoms. The summed E-state index contributed by atoms with van der Waals surface area (Å²) >= 11 is 0. The van der Waals surface area contributed by atoms with E-state index >= 15 is 0 Å². The van der Waals surface area contributed by atoms with Gasteiger partial charge in [0.05, 0.1) is 70.4 Å². The van der Waals surface area contributed by atoms with E-state index in [0.29, 0.717) is 67.2 Å². The van der Waals surface area contributed by atoms with Crippen molar-refractivity contribution < 1.29 is 80.7 Å². The van der Waals surface area contributed by atoms with Crippen LogP contribution in [0, 0.1) is 0 Å². The number of hydrogen-bond donors (Lipinski definition) is 0. The van der Waals surface area contributed by atoms with Crippen LogP contribution in [0.5, 0.6) is 23.0 Å². The number of nitrogens with zero attached hydrogens (tertiary/aromatic N) is 6. The van der Waals surface area contributed by atoms with E-state index in [1.54, 1.807) is 86.6 Å². The minimum absolute atomic E-state index is 0.00800. The highest BCUT2D eigenvalue weighted by Gasteiger charge is 2.59. The Hall–Kier alpha value is -9.25. The van der Waals surface area contributed by atoms with Crippen LogP contribution < -0.4 is 18.9 Å². The first-order valence-electron chi connectivity index (χ1n) is 28.4. The summed E-state index contributed by atoms with van der Waals surface area (Å²) in [7, 11) is 2.99. The number of fused-ring (bicyclic) bond motifs is 4. The second-order valence-corrected chi connectivity index (χ2v) is 21.7. The van der Waals surface area contributed by atoms with Gasteiger partial charge in [0, 0.05) is 26.5 Å². The Labute approximate surface area is 504 Å². The lowest BCUT2D eigenvalue weighted by atomic mass is 9.81. The number of carbonyl (C=O) groups is 3. The Bertz CT molecular complexity index is 3860. The van der Waals surface area contributed by atoms with Gasteiger partial charge < -0.3 is 66.3 Å². The molecule has 0 N–H and O–H groups in total. The van der Waals surface area contributed by atoms with Crippen LogP contribution in [0.2, 0.25) is 0 Å². The SMILES string of the molecule is COc1cc2c(-c3ccc4c(c3)OCO4)c3c(c([C@@H]4O[C@H](CO[C@@H]5OC[C@H](OCc6ccccc6)[C@H](OCc6ccccc6)[C@H]5OC(=O)c5ccccc5CN=[N+]=[N-])[C@@H]5OC(C)(C)O[C@@H]5[C@H]4OC(=O)c4ccccc4CN=[N+]=[N-])c2cc1OC)COC3=O. The fraction of sp³-hybridized carbons (Fsp3) is 0.338. The first-order chi connectivity index (χ1) is 42.9. The molecular formula is C65H60N6O17. The van der Waals surface area contributed by atoms with Crippen molar-refractivity contribution in [3.05, 3.63) is 210 Å². The van der Waals surface area contributed by atoms with Crippen LogP contribution in [-0.2, 0) is 80.3 Å². The van der Waals surface area contributed by atoms with E-state index in [-0.39, 0.29) is 69.6 Å². The molecule has 9 atom stereocenters. The fourth-order valence-corrected chi connectivity index (χ4v) is 11.9. The molecule has 0 aliphatic carbocycles. The molecule has 3 fully saturated rings. The van der Waals surface area contributed by atoms with Crippen LogP contribution in [0.1, 0.15) is 84.4 Å².